The SMILES string of the molecule is CC(C)(C)CC(C(C(=O)C#N)c1ccccc1)n1ccnc1. The van der Waals surface area contributed by atoms with Crippen molar-refractivity contribution < 1.29 is 4.79 Å². The summed E-state index contributed by atoms with van der Waals surface area (Å²) in [6, 6.07) is 11.2. The van der Waals surface area contributed by atoms with E-state index in [1.807, 2.05) is 47.2 Å². The zero-order valence-corrected chi connectivity index (χ0v) is 13.2. The minimum atomic E-state index is -0.486. The number of nitriles is 1. The van der Waals surface area contributed by atoms with Crippen LogP contribution in [0.25, 0.3) is 0 Å². The molecule has 4 nitrogen and oxygen atoms in total. The Morgan fingerprint density at radius 1 is 1.32 bits per heavy atom. The zero-order valence-electron chi connectivity index (χ0n) is 13.2. The van der Waals surface area contributed by atoms with Crippen LogP contribution in [0.4, 0.5) is 0 Å². The van der Waals surface area contributed by atoms with E-state index in [9.17, 15) is 10.1 Å². The van der Waals surface area contributed by atoms with Crippen molar-refractivity contribution in [3.05, 3.63) is 54.6 Å². The first kappa shape index (κ1) is 16.0. The molecule has 0 aliphatic carbocycles. The average Bonchev–Trinajstić information content (AvgIpc) is 3.00. The predicted octanol–water partition coefficient (Wildman–Crippen LogP) is 3.74. The van der Waals surface area contributed by atoms with Crippen LogP contribution in [0, 0.1) is 16.7 Å². The van der Waals surface area contributed by atoms with Crippen molar-refractivity contribution in [2.45, 2.75) is 39.2 Å². The van der Waals surface area contributed by atoms with Gasteiger partial charge >= 0.3 is 0 Å². The van der Waals surface area contributed by atoms with E-state index in [1.54, 1.807) is 12.5 Å². The Labute approximate surface area is 131 Å². The molecular formula is C18H21N3O. The topological polar surface area (TPSA) is 58.7 Å². The standard InChI is InChI=1S/C18H21N3O/c1-18(2,3)11-15(21-10-9-20-13-21)17(16(22)12-19)14-7-5-4-6-8-14/h4-10,13,15,17H,11H2,1-3H3. The molecule has 0 radical (unpaired) electrons. The lowest BCUT2D eigenvalue weighted by molar-refractivity contribution is -0.116. The summed E-state index contributed by atoms with van der Waals surface area (Å²) in [6.07, 6.45) is 6.05. The van der Waals surface area contributed by atoms with Crippen LogP contribution in [0.2, 0.25) is 0 Å². The molecule has 0 bridgehead atoms. The minimum Gasteiger partial charge on any atom is -0.333 e. The van der Waals surface area contributed by atoms with Crippen molar-refractivity contribution >= 4 is 5.78 Å². The number of Topliss-reactive ketones (excluding diaryl/α,β-unsaturated/α-hetero) is 1. The van der Waals surface area contributed by atoms with Gasteiger partial charge < -0.3 is 4.57 Å². The second kappa shape index (κ2) is 6.57. The highest BCUT2D eigenvalue weighted by atomic mass is 16.1. The monoisotopic (exact) mass is 295 g/mol. The van der Waals surface area contributed by atoms with Gasteiger partial charge in [-0.25, -0.2) is 4.98 Å². The fourth-order valence-corrected chi connectivity index (χ4v) is 2.77. The molecule has 1 aromatic carbocycles. The molecule has 0 saturated carbocycles. The highest BCUT2D eigenvalue weighted by Gasteiger charge is 2.33. The Morgan fingerprint density at radius 2 is 2.00 bits per heavy atom. The second-order valence-corrected chi connectivity index (χ2v) is 6.71. The lowest BCUT2D eigenvalue weighted by Crippen LogP contribution is -2.27. The number of carbonyl (C=O) groups is 1. The van der Waals surface area contributed by atoms with Crippen LogP contribution in [0.3, 0.4) is 0 Å². The van der Waals surface area contributed by atoms with E-state index < -0.39 is 11.7 Å². The number of hydrogen-bond acceptors (Lipinski definition) is 3. The van der Waals surface area contributed by atoms with Gasteiger partial charge in [-0.15, -0.1) is 0 Å². The maximum absolute atomic E-state index is 12.3. The molecule has 4 heteroatoms. The Hall–Kier alpha value is -2.41. The van der Waals surface area contributed by atoms with Crippen molar-refractivity contribution in [2.75, 3.05) is 0 Å². The van der Waals surface area contributed by atoms with Crippen LogP contribution in [-0.4, -0.2) is 15.3 Å². The molecular weight excluding hydrogens is 274 g/mol. The van der Waals surface area contributed by atoms with E-state index >= 15 is 0 Å². The van der Waals surface area contributed by atoms with E-state index in [-0.39, 0.29) is 11.5 Å². The van der Waals surface area contributed by atoms with Gasteiger partial charge in [0.05, 0.1) is 12.2 Å². The molecule has 2 aromatic rings. The Balaban J connectivity index is 2.49. The van der Waals surface area contributed by atoms with Gasteiger partial charge in [0.15, 0.2) is 0 Å². The molecule has 0 aliphatic rings. The summed E-state index contributed by atoms with van der Waals surface area (Å²) >= 11 is 0. The van der Waals surface area contributed by atoms with Gasteiger partial charge in [0.2, 0.25) is 5.78 Å². The van der Waals surface area contributed by atoms with Crippen molar-refractivity contribution in [3.8, 4) is 6.07 Å². The number of benzene rings is 1. The van der Waals surface area contributed by atoms with E-state index in [1.165, 1.54) is 0 Å². The van der Waals surface area contributed by atoms with Crippen LogP contribution < -0.4 is 0 Å². The first-order valence-electron chi connectivity index (χ1n) is 7.39. The molecule has 2 unspecified atom stereocenters. The first-order valence-corrected chi connectivity index (χ1v) is 7.39. The maximum Gasteiger partial charge on any atom is 0.241 e. The fraction of sp³-hybridized carbons (Fsp3) is 0.389. The Bertz CT molecular complexity index is 648. The number of nitrogens with zero attached hydrogens (tertiary/aromatic N) is 3. The van der Waals surface area contributed by atoms with Gasteiger partial charge in [0.25, 0.3) is 0 Å². The molecule has 2 rings (SSSR count). The third-order valence-electron chi connectivity index (χ3n) is 3.67. The molecule has 1 aromatic heterocycles. The summed E-state index contributed by atoms with van der Waals surface area (Å²) in [6.45, 7) is 6.40. The molecule has 1 heterocycles. The molecule has 0 aliphatic heterocycles. The van der Waals surface area contributed by atoms with Gasteiger partial charge in [0.1, 0.15) is 6.07 Å². The second-order valence-electron chi connectivity index (χ2n) is 6.71. The summed E-state index contributed by atoms with van der Waals surface area (Å²) in [4.78, 5) is 16.4. The fourth-order valence-electron chi connectivity index (χ4n) is 2.77. The van der Waals surface area contributed by atoms with Crippen LogP contribution >= 0.6 is 0 Å². The van der Waals surface area contributed by atoms with Crippen molar-refractivity contribution in [1.82, 2.24) is 9.55 Å². The molecule has 0 N–H and O–H groups in total. The average molecular weight is 295 g/mol. The molecule has 114 valence electrons. The number of imidazole rings is 1. The van der Waals surface area contributed by atoms with Gasteiger partial charge in [-0.3, -0.25) is 4.79 Å². The highest BCUT2D eigenvalue weighted by Crippen LogP contribution is 2.38. The molecule has 0 amide bonds. The quantitative estimate of drug-likeness (QED) is 0.790. The molecule has 0 saturated heterocycles. The number of aromatic nitrogens is 2. The maximum atomic E-state index is 12.3. The summed E-state index contributed by atoms with van der Waals surface area (Å²) in [7, 11) is 0. The summed E-state index contributed by atoms with van der Waals surface area (Å²) in [5.41, 5.74) is 0.898. The number of carbonyl (C=O) groups excluding carboxylic acids is 1. The highest BCUT2D eigenvalue weighted by molar-refractivity contribution is 5.99. The molecule has 22 heavy (non-hydrogen) atoms. The molecule has 2 atom stereocenters. The van der Waals surface area contributed by atoms with Crippen molar-refractivity contribution in [3.63, 3.8) is 0 Å². The van der Waals surface area contributed by atoms with Gasteiger partial charge in [-0.2, -0.15) is 5.26 Å². The molecule has 0 spiro atoms. The first-order chi connectivity index (χ1) is 10.4. The van der Waals surface area contributed by atoms with E-state index in [0.29, 0.717) is 0 Å². The lowest BCUT2D eigenvalue weighted by atomic mass is 9.78. The van der Waals surface area contributed by atoms with Crippen LogP contribution in [0.1, 0.15) is 44.7 Å². The Morgan fingerprint density at radius 3 is 2.50 bits per heavy atom. The van der Waals surface area contributed by atoms with Gasteiger partial charge in [-0.1, -0.05) is 51.1 Å². The number of rotatable bonds is 5. The Kier molecular flexibility index (Phi) is 4.77. The van der Waals surface area contributed by atoms with Gasteiger partial charge in [-0.05, 0) is 17.4 Å². The lowest BCUT2D eigenvalue weighted by Gasteiger charge is -2.31. The third-order valence-corrected chi connectivity index (χ3v) is 3.67. The summed E-state index contributed by atoms with van der Waals surface area (Å²) in [5, 5.41) is 9.19. The normalized spacial score (nSPS) is 14.1. The zero-order chi connectivity index (χ0) is 16.2. The van der Waals surface area contributed by atoms with Crippen LogP contribution in [0.5, 0.6) is 0 Å². The van der Waals surface area contributed by atoms with Crippen LogP contribution in [0.15, 0.2) is 49.1 Å². The van der Waals surface area contributed by atoms with E-state index in [2.05, 4.69) is 25.8 Å². The number of ketones is 1. The summed E-state index contributed by atoms with van der Waals surface area (Å²) in [5.74, 6) is -0.895. The smallest absolute Gasteiger partial charge is 0.241 e. The largest absolute Gasteiger partial charge is 0.333 e. The van der Waals surface area contributed by atoms with Crippen LogP contribution in [-0.2, 0) is 4.79 Å². The van der Waals surface area contributed by atoms with E-state index in [0.717, 1.165) is 12.0 Å². The number of hydrogen-bond donors (Lipinski definition) is 0. The summed E-state index contributed by atoms with van der Waals surface area (Å²) < 4.78 is 1.94. The molecule has 0 fully saturated rings. The predicted molar refractivity (Wildman–Crippen MR) is 85.1 cm³/mol. The van der Waals surface area contributed by atoms with E-state index in [4.69, 9.17) is 0 Å². The minimum absolute atomic E-state index is 0.0255. The third kappa shape index (κ3) is 3.82. The van der Waals surface area contributed by atoms with Gasteiger partial charge in [0, 0.05) is 18.4 Å². The van der Waals surface area contributed by atoms with Crippen molar-refractivity contribution in [1.29, 1.82) is 5.26 Å². The van der Waals surface area contributed by atoms with Crippen molar-refractivity contribution in [2.24, 2.45) is 5.41 Å².